The fourth-order valence-electron chi connectivity index (χ4n) is 2.39. The van der Waals surface area contributed by atoms with Gasteiger partial charge in [-0.2, -0.15) is 0 Å². The maximum absolute atomic E-state index is 12.2. The van der Waals surface area contributed by atoms with Crippen LogP contribution < -0.4 is 10.0 Å². The molecule has 6 nitrogen and oxygen atoms in total. The Balaban J connectivity index is 2.04. The molecule has 0 bridgehead atoms. The summed E-state index contributed by atoms with van der Waals surface area (Å²) in [7, 11) is -1.84. The Morgan fingerprint density at radius 2 is 1.75 bits per heavy atom. The highest BCUT2D eigenvalue weighted by molar-refractivity contribution is 7.89. The highest BCUT2D eigenvalue weighted by atomic mass is 32.2. The van der Waals surface area contributed by atoms with E-state index in [-0.39, 0.29) is 10.9 Å². The van der Waals surface area contributed by atoms with E-state index in [4.69, 9.17) is 0 Å². The fraction of sp³-hybridized carbons (Fsp3) is 0.692. The van der Waals surface area contributed by atoms with E-state index in [0.717, 1.165) is 25.7 Å². The van der Waals surface area contributed by atoms with Crippen molar-refractivity contribution in [3.8, 4) is 0 Å². The minimum absolute atomic E-state index is 0.0111. The Bertz CT molecular complexity index is 544. The Hall–Kier alpha value is -1.21. The standard InChI is InChI=1S/C13H22N4O2S/c1-13(2)6-4-10(5-7-13)17-20(18,19)11-8-15-12(14-3)16-9-11/h8-10,17H,4-7H2,1-3H3,(H,14,15,16). The van der Waals surface area contributed by atoms with Gasteiger partial charge in [0, 0.05) is 13.1 Å². The van der Waals surface area contributed by atoms with Gasteiger partial charge >= 0.3 is 0 Å². The van der Waals surface area contributed by atoms with Crippen molar-refractivity contribution in [2.24, 2.45) is 5.41 Å². The molecule has 1 aromatic heterocycles. The molecule has 1 fully saturated rings. The van der Waals surface area contributed by atoms with Crippen LogP contribution in [0.5, 0.6) is 0 Å². The number of hydrogen-bond donors (Lipinski definition) is 2. The molecule has 112 valence electrons. The highest BCUT2D eigenvalue weighted by Crippen LogP contribution is 2.35. The maximum Gasteiger partial charge on any atom is 0.243 e. The van der Waals surface area contributed by atoms with Crippen molar-refractivity contribution in [1.29, 1.82) is 0 Å². The molecule has 1 aromatic rings. The third-order valence-electron chi connectivity index (χ3n) is 3.82. The van der Waals surface area contributed by atoms with Crippen LogP contribution in [0.15, 0.2) is 17.3 Å². The first kappa shape index (κ1) is 15.2. The molecule has 2 rings (SSSR count). The summed E-state index contributed by atoms with van der Waals surface area (Å²) in [6, 6.07) is 0.0111. The first-order chi connectivity index (χ1) is 9.32. The molecule has 0 aliphatic heterocycles. The van der Waals surface area contributed by atoms with E-state index in [1.807, 2.05) is 0 Å². The van der Waals surface area contributed by atoms with Gasteiger partial charge in [0.25, 0.3) is 0 Å². The van der Waals surface area contributed by atoms with E-state index in [9.17, 15) is 8.42 Å². The summed E-state index contributed by atoms with van der Waals surface area (Å²) >= 11 is 0. The van der Waals surface area contributed by atoms with Crippen LogP contribution >= 0.6 is 0 Å². The van der Waals surface area contributed by atoms with Gasteiger partial charge in [0.1, 0.15) is 4.90 Å². The molecular weight excluding hydrogens is 276 g/mol. The second kappa shape index (κ2) is 5.65. The van der Waals surface area contributed by atoms with Gasteiger partial charge in [-0.25, -0.2) is 23.1 Å². The summed E-state index contributed by atoms with van der Waals surface area (Å²) in [5.41, 5.74) is 0.319. The zero-order valence-electron chi connectivity index (χ0n) is 12.2. The van der Waals surface area contributed by atoms with Gasteiger partial charge in [-0.1, -0.05) is 13.8 Å². The summed E-state index contributed by atoms with van der Waals surface area (Å²) in [6.45, 7) is 4.45. The van der Waals surface area contributed by atoms with Gasteiger partial charge in [-0.15, -0.1) is 0 Å². The molecule has 0 atom stereocenters. The van der Waals surface area contributed by atoms with Crippen LogP contribution in [0.1, 0.15) is 39.5 Å². The van der Waals surface area contributed by atoms with Crippen LogP contribution in [-0.2, 0) is 10.0 Å². The predicted molar refractivity (Wildman–Crippen MR) is 77.9 cm³/mol. The molecule has 0 unspecified atom stereocenters. The first-order valence-electron chi connectivity index (χ1n) is 6.84. The lowest BCUT2D eigenvalue weighted by atomic mass is 9.76. The van der Waals surface area contributed by atoms with Crippen molar-refractivity contribution < 1.29 is 8.42 Å². The summed E-state index contributed by atoms with van der Waals surface area (Å²) in [5.74, 6) is 0.406. The van der Waals surface area contributed by atoms with Gasteiger partial charge in [-0.3, -0.25) is 0 Å². The van der Waals surface area contributed by atoms with Crippen LogP contribution in [0.2, 0.25) is 0 Å². The molecule has 7 heteroatoms. The molecule has 2 N–H and O–H groups in total. The number of hydrogen-bond acceptors (Lipinski definition) is 5. The van der Waals surface area contributed by atoms with Crippen molar-refractivity contribution in [2.45, 2.75) is 50.5 Å². The van der Waals surface area contributed by atoms with Crippen LogP contribution in [0.3, 0.4) is 0 Å². The van der Waals surface area contributed by atoms with Crippen LogP contribution in [-0.4, -0.2) is 31.5 Å². The summed E-state index contributed by atoms with van der Waals surface area (Å²) in [5, 5.41) is 2.76. The molecule has 20 heavy (non-hydrogen) atoms. The number of anilines is 1. The van der Waals surface area contributed by atoms with E-state index >= 15 is 0 Å². The van der Waals surface area contributed by atoms with E-state index in [1.165, 1.54) is 12.4 Å². The molecule has 0 saturated heterocycles. The Kier molecular flexibility index (Phi) is 4.29. The predicted octanol–water partition coefficient (Wildman–Crippen LogP) is 1.77. The van der Waals surface area contributed by atoms with Gasteiger partial charge in [0.2, 0.25) is 16.0 Å². The molecule has 1 aliphatic carbocycles. The monoisotopic (exact) mass is 298 g/mol. The summed E-state index contributed by atoms with van der Waals surface area (Å²) in [4.78, 5) is 7.99. The molecule has 1 heterocycles. The molecular formula is C13H22N4O2S. The molecule has 0 radical (unpaired) electrons. The average molecular weight is 298 g/mol. The lowest BCUT2D eigenvalue weighted by Crippen LogP contribution is -2.39. The normalized spacial score (nSPS) is 19.8. The second-order valence-corrected chi connectivity index (χ2v) is 7.77. The fourth-order valence-corrected chi connectivity index (χ4v) is 3.58. The van der Waals surface area contributed by atoms with Crippen molar-refractivity contribution in [1.82, 2.24) is 14.7 Å². The third-order valence-corrected chi connectivity index (χ3v) is 5.30. The Morgan fingerprint density at radius 1 is 1.20 bits per heavy atom. The van der Waals surface area contributed by atoms with E-state index in [2.05, 4.69) is 33.9 Å². The topological polar surface area (TPSA) is 84.0 Å². The number of rotatable bonds is 4. The summed E-state index contributed by atoms with van der Waals surface area (Å²) in [6.07, 6.45) is 6.48. The number of nitrogens with one attached hydrogen (secondary N) is 2. The molecule has 0 amide bonds. The third kappa shape index (κ3) is 3.67. The van der Waals surface area contributed by atoms with Crippen LogP contribution in [0, 0.1) is 5.41 Å². The van der Waals surface area contributed by atoms with Gasteiger partial charge in [-0.05, 0) is 31.1 Å². The molecule has 0 spiro atoms. The van der Waals surface area contributed by atoms with Gasteiger partial charge in [0.15, 0.2) is 0 Å². The van der Waals surface area contributed by atoms with E-state index in [1.54, 1.807) is 7.05 Å². The van der Waals surface area contributed by atoms with Crippen molar-refractivity contribution >= 4 is 16.0 Å². The average Bonchev–Trinajstić information content (AvgIpc) is 2.41. The van der Waals surface area contributed by atoms with Gasteiger partial charge < -0.3 is 5.32 Å². The Labute approximate surface area is 120 Å². The van der Waals surface area contributed by atoms with Gasteiger partial charge in [0.05, 0.1) is 12.4 Å². The summed E-state index contributed by atoms with van der Waals surface area (Å²) < 4.78 is 27.3. The molecule has 1 aliphatic rings. The number of aromatic nitrogens is 2. The van der Waals surface area contributed by atoms with Crippen molar-refractivity contribution in [2.75, 3.05) is 12.4 Å². The van der Waals surface area contributed by atoms with Crippen LogP contribution in [0.25, 0.3) is 0 Å². The van der Waals surface area contributed by atoms with Crippen molar-refractivity contribution in [3.63, 3.8) is 0 Å². The van der Waals surface area contributed by atoms with Crippen molar-refractivity contribution in [3.05, 3.63) is 12.4 Å². The largest absolute Gasteiger partial charge is 0.357 e. The Morgan fingerprint density at radius 3 is 2.25 bits per heavy atom. The van der Waals surface area contributed by atoms with E-state index in [0.29, 0.717) is 11.4 Å². The zero-order valence-corrected chi connectivity index (χ0v) is 13.0. The highest BCUT2D eigenvalue weighted by Gasteiger charge is 2.29. The minimum atomic E-state index is -3.52. The molecule has 0 aromatic carbocycles. The number of sulfonamides is 1. The minimum Gasteiger partial charge on any atom is -0.357 e. The quantitative estimate of drug-likeness (QED) is 0.885. The lowest BCUT2D eigenvalue weighted by Gasteiger charge is -2.34. The molecule has 1 saturated carbocycles. The number of nitrogens with zero attached hydrogens (tertiary/aromatic N) is 2. The SMILES string of the molecule is CNc1ncc(S(=O)(=O)NC2CCC(C)(C)CC2)cn1. The van der Waals surface area contributed by atoms with E-state index < -0.39 is 10.0 Å². The second-order valence-electron chi connectivity index (χ2n) is 6.05. The lowest BCUT2D eigenvalue weighted by molar-refractivity contribution is 0.218. The van der Waals surface area contributed by atoms with Crippen LogP contribution in [0.4, 0.5) is 5.95 Å². The first-order valence-corrected chi connectivity index (χ1v) is 8.33. The zero-order chi connectivity index (χ0) is 14.8. The smallest absolute Gasteiger partial charge is 0.243 e. The maximum atomic E-state index is 12.2.